The molecular weight excluding hydrogens is 667 g/mol. The van der Waals surface area contributed by atoms with Gasteiger partial charge in [0.15, 0.2) is 0 Å². The molecule has 5 aromatic carbocycles. The summed E-state index contributed by atoms with van der Waals surface area (Å²) >= 11 is 1.72. The minimum absolute atomic E-state index is 0.0324. The molecule has 0 unspecified atom stereocenters. The number of hydrogen-bond donors (Lipinski definition) is 2. The molecule has 12 heteroatoms. The van der Waals surface area contributed by atoms with Gasteiger partial charge in [0, 0.05) is 41.4 Å². The van der Waals surface area contributed by atoms with Crippen molar-refractivity contribution in [2.24, 2.45) is 5.14 Å². The number of nitrogens with two attached hydrogens (primary N) is 1. The third kappa shape index (κ3) is 9.33. The number of carbonyl (C=O) groups excluding carboxylic acids is 1. The molecule has 5 rings (SSSR count). The number of hydrogen-bond acceptors (Lipinski definition) is 8. The topological polar surface area (TPSA) is 136 Å². The van der Waals surface area contributed by atoms with Gasteiger partial charge in [-0.15, -0.1) is 11.8 Å². The highest BCUT2D eigenvalue weighted by Gasteiger charge is 2.20. The fourth-order valence-corrected chi connectivity index (χ4v) is 7.45. The Balaban J connectivity index is 1.25. The number of nitrogens with zero attached hydrogens (tertiary/aromatic N) is 1. The Morgan fingerprint density at radius 1 is 0.729 bits per heavy atom. The monoisotopic (exact) mass is 701 g/mol. The van der Waals surface area contributed by atoms with Gasteiger partial charge in [-0.3, -0.25) is 9.69 Å². The summed E-state index contributed by atoms with van der Waals surface area (Å²) in [5.41, 5.74) is 3.67. The van der Waals surface area contributed by atoms with E-state index in [4.69, 9.17) is 9.88 Å². The van der Waals surface area contributed by atoms with E-state index in [0.29, 0.717) is 25.4 Å². The number of amides is 1. The molecule has 48 heavy (non-hydrogen) atoms. The second-order valence-electron chi connectivity index (χ2n) is 10.9. The van der Waals surface area contributed by atoms with Crippen molar-refractivity contribution in [2.45, 2.75) is 27.8 Å². The van der Waals surface area contributed by atoms with Gasteiger partial charge in [0.05, 0.1) is 16.9 Å². The van der Waals surface area contributed by atoms with Crippen molar-refractivity contribution in [1.82, 2.24) is 9.62 Å². The zero-order valence-electron chi connectivity index (χ0n) is 26.2. The first-order valence-corrected chi connectivity index (χ1v) is 18.9. The molecule has 0 atom stereocenters. The molecule has 0 spiro atoms. The average molecular weight is 702 g/mol. The second-order valence-corrected chi connectivity index (χ2v) is 15.3. The predicted molar refractivity (Wildman–Crippen MR) is 189 cm³/mol. The summed E-state index contributed by atoms with van der Waals surface area (Å²) in [6, 6.07) is 37.0. The SMILES string of the molecule is COc1ccccc1-c1ccc(C(=O)NS(=O)(=O)c2ccc(CN(CCSc3ccccc3)Cc3ccc(S(N)(=O)=O)cc3)cc2)cc1. The smallest absolute Gasteiger partial charge is 0.264 e. The zero-order valence-corrected chi connectivity index (χ0v) is 28.6. The van der Waals surface area contributed by atoms with Crippen LogP contribution in [0, 0.1) is 0 Å². The quantitative estimate of drug-likeness (QED) is 0.136. The molecular formula is C36H35N3O6S3. The van der Waals surface area contributed by atoms with Gasteiger partial charge in [-0.1, -0.05) is 72.8 Å². The Morgan fingerprint density at radius 2 is 1.29 bits per heavy atom. The first-order valence-electron chi connectivity index (χ1n) is 14.9. The molecule has 1 amide bonds. The maximum atomic E-state index is 13.1. The number of nitrogens with one attached hydrogen (secondary N) is 1. The number of ether oxygens (including phenoxy) is 1. The van der Waals surface area contributed by atoms with Crippen LogP contribution in [-0.2, 0) is 33.1 Å². The van der Waals surface area contributed by atoms with Crippen molar-refractivity contribution in [3.8, 4) is 16.9 Å². The normalized spacial score (nSPS) is 11.7. The molecule has 0 saturated heterocycles. The van der Waals surface area contributed by atoms with Gasteiger partial charge in [0.2, 0.25) is 10.0 Å². The minimum atomic E-state index is -4.13. The molecule has 0 fully saturated rings. The van der Waals surface area contributed by atoms with E-state index in [0.717, 1.165) is 32.9 Å². The van der Waals surface area contributed by atoms with Crippen molar-refractivity contribution < 1.29 is 26.4 Å². The molecule has 0 aliphatic heterocycles. The number of primary sulfonamides is 1. The van der Waals surface area contributed by atoms with Crippen LogP contribution < -0.4 is 14.6 Å². The average Bonchev–Trinajstić information content (AvgIpc) is 3.08. The van der Waals surface area contributed by atoms with Gasteiger partial charge < -0.3 is 4.74 Å². The van der Waals surface area contributed by atoms with E-state index in [1.54, 1.807) is 67.4 Å². The van der Waals surface area contributed by atoms with E-state index in [-0.39, 0.29) is 15.4 Å². The molecule has 0 radical (unpaired) electrons. The number of methoxy groups -OCH3 is 1. The third-order valence-corrected chi connectivity index (χ3v) is 10.8. The molecule has 0 saturated carbocycles. The van der Waals surface area contributed by atoms with E-state index in [1.807, 2.05) is 42.5 Å². The number of carbonyl (C=O) groups is 1. The highest BCUT2D eigenvalue weighted by Crippen LogP contribution is 2.29. The van der Waals surface area contributed by atoms with Crippen LogP contribution in [0.15, 0.2) is 142 Å². The number of sulfonamides is 2. The van der Waals surface area contributed by atoms with Crippen molar-refractivity contribution in [3.05, 3.63) is 144 Å². The number of thioether (sulfide) groups is 1. The Morgan fingerprint density at radius 3 is 1.88 bits per heavy atom. The minimum Gasteiger partial charge on any atom is -0.496 e. The molecule has 0 aliphatic carbocycles. The van der Waals surface area contributed by atoms with E-state index in [9.17, 15) is 21.6 Å². The lowest BCUT2D eigenvalue weighted by Crippen LogP contribution is -2.30. The first-order chi connectivity index (χ1) is 23.0. The maximum absolute atomic E-state index is 13.1. The molecule has 3 N–H and O–H groups in total. The van der Waals surface area contributed by atoms with E-state index in [2.05, 4.69) is 21.8 Å². The molecule has 248 valence electrons. The Labute approximate surface area is 285 Å². The Kier molecular flexibility index (Phi) is 11.3. The fraction of sp³-hybridized carbons (Fsp3) is 0.139. The van der Waals surface area contributed by atoms with Crippen LogP contribution in [0.25, 0.3) is 11.1 Å². The summed E-state index contributed by atoms with van der Waals surface area (Å²) < 4.78 is 57.2. The van der Waals surface area contributed by atoms with Crippen molar-refractivity contribution >= 4 is 37.7 Å². The summed E-state index contributed by atoms with van der Waals surface area (Å²) in [4.78, 5) is 16.3. The van der Waals surface area contributed by atoms with Crippen LogP contribution in [0.3, 0.4) is 0 Å². The van der Waals surface area contributed by atoms with Crippen LogP contribution >= 0.6 is 11.8 Å². The van der Waals surface area contributed by atoms with Crippen molar-refractivity contribution in [2.75, 3.05) is 19.4 Å². The number of para-hydroxylation sites is 1. The van der Waals surface area contributed by atoms with E-state index >= 15 is 0 Å². The van der Waals surface area contributed by atoms with Crippen LogP contribution in [-0.4, -0.2) is 47.1 Å². The van der Waals surface area contributed by atoms with E-state index < -0.39 is 26.0 Å². The molecule has 0 bridgehead atoms. The lowest BCUT2D eigenvalue weighted by molar-refractivity contribution is 0.0981. The lowest BCUT2D eigenvalue weighted by Gasteiger charge is -2.23. The van der Waals surface area contributed by atoms with Gasteiger partial charge in [-0.2, -0.15) is 0 Å². The third-order valence-electron chi connectivity index (χ3n) is 7.51. The van der Waals surface area contributed by atoms with Crippen LogP contribution in [0.2, 0.25) is 0 Å². The second kappa shape index (κ2) is 15.6. The molecule has 0 heterocycles. The van der Waals surface area contributed by atoms with Crippen LogP contribution in [0.5, 0.6) is 5.75 Å². The summed E-state index contributed by atoms with van der Waals surface area (Å²) in [7, 11) is -6.34. The predicted octanol–water partition coefficient (Wildman–Crippen LogP) is 5.92. The summed E-state index contributed by atoms with van der Waals surface area (Å²) in [5.74, 6) is 0.757. The standard InChI is InChI=1S/C36H35N3O6S3/c1-45-35-10-6-5-9-34(35)29-15-17-30(18-16-29)36(40)38-48(43,44)33-21-13-28(14-22-33)26-39(23-24-46-31-7-3-2-4-8-31)25-27-11-19-32(20-12-27)47(37,41)42/h2-22H,23-26H2,1H3,(H,38,40)(H2,37,41,42). The van der Waals surface area contributed by atoms with Crippen molar-refractivity contribution in [3.63, 3.8) is 0 Å². The van der Waals surface area contributed by atoms with Gasteiger partial charge in [-0.25, -0.2) is 26.7 Å². The molecule has 5 aromatic rings. The van der Waals surface area contributed by atoms with Gasteiger partial charge in [0.25, 0.3) is 15.9 Å². The summed E-state index contributed by atoms with van der Waals surface area (Å²) in [6.07, 6.45) is 0. The van der Waals surface area contributed by atoms with Gasteiger partial charge in [0.1, 0.15) is 5.75 Å². The fourth-order valence-electron chi connectivity index (χ4n) is 5.02. The van der Waals surface area contributed by atoms with Gasteiger partial charge >= 0.3 is 0 Å². The van der Waals surface area contributed by atoms with Crippen LogP contribution in [0.1, 0.15) is 21.5 Å². The summed E-state index contributed by atoms with van der Waals surface area (Å²) in [5, 5.41) is 5.25. The van der Waals surface area contributed by atoms with Gasteiger partial charge in [-0.05, 0) is 71.3 Å². The van der Waals surface area contributed by atoms with Crippen LogP contribution in [0.4, 0.5) is 0 Å². The highest BCUT2D eigenvalue weighted by molar-refractivity contribution is 7.99. The highest BCUT2D eigenvalue weighted by atomic mass is 32.2. The maximum Gasteiger partial charge on any atom is 0.264 e. The molecule has 9 nitrogen and oxygen atoms in total. The lowest BCUT2D eigenvalue weighted by atomic mass is 10.0. The Hall–Kier alpha value is -4.46. The van der Waals surface area contributed by atoms with Crippen molar-refractivity contribution in [1.29, 1.82) is 0 Å². The first kappa shape index (κ1) is 34.9. The molecule has 0 aromatic heterocycles. The number of benzene rings is 5. The zero-order chi connectivity index (χ0) is 34.1. The Bertz CT molecular complexity index is 2060. The summed E-state index contributed by atoms with van der Waals surface area (Å²) in [6.45, 7) is 1.76. The number of rotatable bonds is 14. The largest absolute Gasteiger partial charge is 0.496 e. The molecule has 0 aliphatic rings. The van der Waals surface area contributed by atoms with E-state index in [1.165, 1.54) is 24.3 Å².